The Balaban J connectivity index is 1.38. The molecule has 3 heterocycles. The zero-order valence-electron chi connectivity index (χ0n) is 14.0. The topological polar surface area (TPSA) is 53.1 Å². The highest BCUT2D eigenvalue weighted by Crippen LogP contribution is 2.13. The van der Waals surface area contributed by atoms with Crippen molar-refractivity contribution in [3.05, 3.63) is 22.4 Å². The van der Waals surface area contributed by atoms with Crippen molar-refractivity contribution in [2.45, 2.75) is 12.8 Å². The standard InChI is InChI=1S/C17H25N3O3S/c21-16(4-3-15-2-1-13-24-15)19-5-7-20(8-6-19)17(22)14-18-9-11-23-12-10-18/h1-2,13H,3-12,14H2. The SMILES string of the molecule is O=C(CCc1cccs1)N1CCN(C(=O)CN2CCOCC2)CC1. The molecule has 0 N–H and O–H groups in total. The summed E-state index contributed by atoms with van der Waals surface area (Å²) in [7, 11) is 0. The highest BCUT2D eigenvalue weighted by Gasteiger charge is 2.25. The maximum absolute atomic E-state index is 12.4. The van der Waals surface area contributed by atoms with Crippen LogP contribution in [0.4, 0.5) is 0 Å². The van der Waals surface area contributed by atoms with Crippen LogP contribution in [0.3, 0.4) is 0 Å². The molecular weight excluding hydrogens is 326 g/mol. The number of carbonyl (C=O) groups is 2. The molecule has 2 amide bonds. The van der Waals surface area contributed by atoms with Gasteiger partial charge < -0.3 is 14.5 Å². The van der Waals surface area contributed by atoms with E-state index in [4.69, 9.17) is 4.74 Å². The third-order valence-electron chi connectivity index (χ3n) is 4.61. The van der Waals surface area contributed by atoms with Gasteiger partial charge in [-0.05, 0) is 17.9 Å². The Kier molecular flexibility index (Phi) is 6.23. The number of aryl methyl sites for hydroxylation is 1. The predicted molar refractivity (Wildman–Crippen MR) is 93.1 cm³/mol. The molecule has 3 rings (SSSR count). The summed E-state index contributed by atoms with van der Waals surface area (Å²) < 4.78 is 5.31. The largest absolute Gasteiger partial charge is 0.379 e. The maximum atomic E-state index is 12.4. The van der Waals surface area contributed by atoms with E-state index in [9.17, 15) is 9.59 Å². The van der Waals surface area contributed by atoms with Gasteiger partial charge in [0.05, 0.1) is 19.8 Å². The first-order valence-corrected chi connectivity index (χ1v) is 9.48. The van der Waals surface area contributed by atoms with Gasteiger partial charge in [0.2, 0.25) is 11.8 Å². The summed E-state index contributed by atoms with van der Waals surface area (Å²) in [4.78, 5) is 31.8. The van der Waals surface area contributed by atoms with Gasteiger partial charge in [0.15, 0.2) is 0 Å². The van der Waals surface area contributed by atoms with Crippen molar-refractivity contribution < 1.29 is 14.3 Å². The van der Waals surface area contributed by atoms with E-state index in [0.717, 1.165) is 19.5 Å². The van der Waals surface area contributed by atoms with E-state index in [1.807, 2.05) is 21.2 Å². The van der Waals surface area contributed by atoms with E-state index >= 15 is 0 Å². The minimum absolute atomic E-state index is 0.169. The smallest absolute Gasteiger partial charge is 0.236 e. The predicted octanol–water partition coefficient (Wildman–Crippen LogP) is 0.684. The van der Waals surface area contributed by atoms with Crippen LogP contribution in [0, 0.1) is 0 Å². The van der Waals surface area contributed by atoms with Crippen LogP contribution in [0.15, 0.2) is 17.5 Å². The molecule has 2 saturated heterocycles. The van der Waals surface area contributed by atoms with Crippen molar-refractivity contribution in [3.63, 3.8) is 0 Å². The average Bonchev–Trinajstić information content (AvgIpc) is 3.14. The van der Waals surface area contributed by atoms with Gasteiger partial charge in [-0.15, -0.1) is 11.3 Å². The Morgan fingerprint density at radius 1 is 1.00 bits per heavy atom. The third-order valence-corrected chi connectivity index (χ3v) is 5.55. The maximum Gasteiger partial charge on any atom is 0.236 e. The quantitative estimate of drug-likeness (QED) is 0.783. The molecule has 0 atom stereocenters. The van der Waals surface area contributed by atoms with Crippen LogP contribution in [-0.4, -0.2) is 85.5 Å². The molecule has 6 nitrogen and oxygen atoms in total. The van der Waals surface area contributed by atoms with E-state index in [1.54, 1.807) is 11.3 Å². The summed E-state index contributed by atoms with van der Waals surface area (Å²) in [5.74, 6) is 0.367. The van der Waals surface area contributed by atoms with Crippen molar-refractivity contribution in [2.24, 2.45) is 0 Å². The molecule has 24 heavy (non-hydrogen) atoms. The molecule has 0 aliphatic carbocycles. The first kappa shape index (κ1) is 17.4. The second kappa shape index (κ2) is 8.60. The zero-order chi connectivity index (χ0) is 16.8. The van der Waals surface area contributed by atoms with Crippen molar-refractivity contribution in [1.82, 2.24) is 14.7 Å². The molecule has 2 fully saturated rings. The Morgan fingerprint density at radius 3 is 2.29 bits per heavy atom. The number of piperazine rings is 1. The fraction of sp³-hybridized carbons (Fsp3) is 0.647. The summed E-state index contributed by atoms with van der Waals surface area (Å²) in [5, 5.41) is 2.04. The summed E-state index contributed by atoms with van der Waals surface area (Å²) in [6.45, 7) is 6.13. The number of nitrogens with zero attached hydrogens (tertiary/aromatic N) is 3. The Bertz CT molecular complexity index is 535. The number of rotatable bonds is 5. The lowest BCUT2D eigenvalue weighted by molar-refractivity contribution is -0.140. The van der Waals surface area contributed by atoms with Crippen molar-refractivity contribution >= 4 is 23.2 Å². The molecule has 132 valence electrons. The van der Waals surface area contributed by atoms with Crippen molar-refractivity contribution in [1.29, 1.82) is 0 Å². The van der Waals surface area contributed by atoms with Crippen LogP contribution in [0.2, 0.25) is 0 Å². The van der Waals surface area contributed by atoms with Gasteiger partial charge in [-0.3, -0.25) is 14.5 Å². The van der Waals surface area contributed by atoms with Crippen LogP contribution < -0.4 is 0 Å². The van der Waals surface area contributed by atoms with Gasteiger partial charge in [0, 0.05) is 50.6 Å². The number of hydrogen-bond donors (Lipinski definition) is 0. The van der Waals surface area contributed by atoms with Gasteiger partial charge >= 0.3 is 0 Å². The number of hydrogen-bond acceptors (Lipinski definition) is 5. The van der Waals surface area contributed by atoms with E-state index < -0.39 is 0 Å². The molecule has 7 heteroatoms. The molecule has 2 aliphatic heterocycles. The fourth-order valence-electron chi connectivity index (χ4n) is 3.10. The normalized spacial score (nSPS) is 19.5. The van der Waals surface area contributed by atoms with E-state index in [1.165, 1.54) is 4.88 Å². The second-order valence-corrected chi connectivity index (χ2v) is 7.26. The van der Waals surface area contributed by atoms with Gasteiger partial charge in [-0.1, -0.05) is 6.07 Å². The molecular formula is C17H25N3O3S. The zero-order valence-corrected chi connectivity index (χ0v) is 14.8. The molecule has 2 aliphatic rings. The molecule has 0 spiro atoms. The summed E-state index contributed by atoms with van der Waals surface area (Å²) >= 11 is 1.70. The van der Waals surface area contributed by atoms with Crippen molar-refractivity contribution in [3.8, 4) is 0 Å². The van der Waals surface area contributed by atoms with Gasteiger partial charge in [0.25, 0.3) is 0 Å². The monoisotopic (exact) mass is 351 g/mol. The second-order valence-electron chi connectivity index (χ2n) is 6.23. The summed E-state index contributed by atoms with van der Waals surface area (Å²) in [5.41, 5.74) is 0. The van der Waals surface area contributed by atoms with Crippen molar-refractivity contribution in [2.75, 3.05) is 59.0 Å². The Morgan fingerprint density at radius 2 is 1.67 bits per heavy atom. The van der Waals surface area contributed by atoms with Crippen LogP contribution in [0.1, 0.15) is 11.3 Å². The number of ether oxygens (including phenoxy) is 1. The molecule has 0 saturated carbocycles. The van der Waals surface area contributed by atoms with Crippen LogP contribution in [0.5, 0.6) is 0 Å². The average molecular weight is 351 g/mol. The number of thiophene rings is 1. The third kappa shape index (κ3) is 4.78. The van der Waals surface area contributed by atoms with Crippen LogP contribution in [-0.2, 0) is 20.7 Å². The Labute approximate surface area is 147 Å². The lowest BCUT2D eigenvalue weighted by atomic mass is 10.2. The minimum Gasteiger partial charge on any atom is -0.379 e. The highest BCUT2D eigenvalue weighted by molar-refractivity contribution is 7.09. The minimum atomic E-state index is 0.169. The lowest BCUT2D eigenvalue weighted by Gasteiger charge is -2.36. The molecule has 0 bridgehead atoms. The molecule has 0 aromatic carbocycles. The first-order valence-electron chi connectivity index (χ1n) is 8.60. The van der Waals surface area contributed by atoms with Crippen LogP contribution >= 0.6 is 11.3 Å². The van der Waals surface area contributed by atoms with E-state index in [2.05, 4.69) is 11.0 Å². The number of amides is 2. The summed E-state index contributed by atoms with van der Waals surface area (Å²) in [6.07, 6.45) is 1.37. The number of morpholine rings is 1. The summed E-state index contributed by atoms with van der Waals surface area (Å²) in [6, 6.07) is 4.09. The molecule has 0 unspecified atom stereocenters. The Hall–Kier alpha value is -1.44. The van der Waals surface area contributed by atoms with Gasteiger partial charge in [-0.2, -0.15) is 0 Å². The lowest BCUT2D eigenvalue weighted by Crippen LogP contribution is -2.53. The first-order chi connectivity index (χ1) is 11.7. The number of carbonyl (C=O) groups excluding carboxylic acids is 2. The molecule has 1 aromatic heterocycles. The highest BCUT2D eigenvalue weighted by atomic mass is 32.1. The van der Waals surface area contributed by atoms with E-state index in [-0.39, 0.29) is 11.8 Å². The van der Waals surface area contributed by atoms with Crippen LogP contribution in [0.25, 0.3) is 0 Å². The molecule has 1 aromatic rings. The van der Waals surface area contributed by atoms with Gasteiger partial charge in [0.1, 0.15) is 0 Å². The van der Waals surface area contributed by atoms with E-state index in [0.29, 0.717) is 52.4 Å². The molecule has 0 radical (unpaired) electrons. The fourth-order valence-corrected chi connectivity index (χ4v) is 3.81. The van der Waals surface area contributed by atoms with Gasteiger partial charge in [-0.25, -0.2) is 0 Å².